The number of hydrogen-bond donors (Lipinski definition) is 2. The van der Waals surface area contributed by atoms with Crippen LogP contribution in [0.5, 0.6) is 5.75 Å². The number of guanidine groups is 1. The lowest BCUT2D eigenvalue weighted by Gasteiger charge is -2.22. The molecule has 0 spiro atoms. The van der Waals surface area contributed by atoms with Crippen molar-refractivity contribution in [2.45, 2.75) is 32.9 Å². The highest BCUT2D eigenvalue weighted by molar-refractivity contribution is 5.80. The van der Waals surface area contributed by atoms with Gasteiger partial charge >= 0.3 is 0 Å². The van der Waals surface area contributed by atoms with E-state index >= 15 is 0 Å². The number of nitrogens with zero attached hydrogens (tertiary/aromatic N) is 4. The number of methoxy groups -OCH3 is 1. The molecular weight excluding hydrogens is 400 g/mol. The summed E-state index contributed by atoms with van der Waals surface area (Å²) >= 11 is 0. The minimum Gasteiger partial charge on any atom is -0.495 e. The normalized spacial score (nSPS) is 16.3. The van der Waals surface area contributed by atoms with Gasteiger partial charge in [0.1, 0.15) is 5.75 Å². The second-order valence-electron chi connectivity index (χ2n) is 8.14. The highest BCUT2D eigenvalue weighted by atomic mass is 16.5. The van der Waals surface area contributed by atoms with Crippen LogP contribution in [0.1, 0.15) is 23.4 Å². The average molecular weight is 433 g/mol. The molecule has 7 nitrogen and oxygen atoms in total. The van der Waals surface area contributed by atoms with Gasteiger partial charge in [0, 0.05) is 38.4 Å². The smallest absolute Gasteiger partial charge is 0.191 e. The van der Waals surface area contributed by atoms with Crippen LogP contribution >= 0.6 is 0 Å². The number of aryl methyl sites for hydroxylation is 2. The summed E-state index contributed by atoms with van der Waals surface area (Å²) in [6.45, 7) is 6.65. The van der Waals surface area contributed by atoms with E-state index in [0.717, 1.165) is 54.0 Å². The molecule has 2 N–H and O–H groups in total. The van der Waals surface area contributed by atoms with E-state index in [2.05, 4.69) is 68.9 Å². The van der Waals surface area contributed by atoms with Crippen molar-refractivity contribution >= 4 is 11.6 Å². The number of anilines is 1. The van der Waals surface area contributed by atoms with E-state index in [9.17, 15) is 0 Å². The third-order valence-corrected chi connectivity index (χ3v) is 5.85. The molecule has 3 aromatic rings. The minimum absolute atomic E-state index is 0.317. The molecular formula is C25H32N6O. The van der Waals surface area contributed by atoms with Crippen LogP contribution in [0.25, 0.3) is 5.69 Å². The van der Waals surface area contributed by atoms with Gasteiger partial charge in [-0.2, -0.15) is 5.10 Å². The summed E-state index contributed by atoms with van der Waals surface area (Å²) in [5.74, 6) is 1.72. The van der Waals surface area contributed by atoms with Crippen LogP contribution in [0.4, 0.5) is 5.69 Å². The molecule has 0 bridgehead atoms. The first kappa shape index (κ1) is 21.7. The Balaban J connectivity index is 1.39. The Hall–Kier alpha value is -3.48. The molecule has 0 amide bonds. The summed E-state index contributed by atoms with van der Waals surface area (Å²) in [4.78, 5) is 6.81. The van der Waals surface area contributed by atoms with Crippen molar-refractivity contribution in [1.82, 2.24) is 20.4 Å². The first-order valence-electron chi connectivity index (χ1n) is 11.1. The lowest BCUT2D eigenvalue weighted by molar-refractivity contribution is 0.415. The Labute approximate surface area is 190 Å². The first-order chi connectivity index (χ1) is 15.6. The number of rotatable bonds is 6. The monoisotopic (exact) mass is 432 g/mol. The van der Waals surface area contributed by atoms with Crippen LogP contribution in [0.15, 0.2) is 59.6 Å². The Morgan fingerprint density at radius 3 is 2.59 bits per heavy atom. The number of benzene rings is 2. The van der Waals surface area contributed by atoms with E-state index in [1.807, 2.05) is 36.9 Å². The Morgan fingerprint density at radius 1 is 1.12 bits per heavy atom. The van der Waals surface area contributed by atoms with Crippen LogP contribution in [0.3, 0.4) is 0 Å². The van der Waals surface area contributed by atoms with Gasteiger partial charge in [0.15, 0.2) is 5.96 Å². The van der Waals surface area contributed by atoms with Gasteiger partial charge in [0.2, 0.25) is 0 Å². The summed E-state index contributed by atoms with van der Waals surface area (Å²) in [5.41, 5.74) is 5.54. The molecule has 32 heavy (non-hydrogen) atoms. The van der Waals surface area contributed by atoms with Crippen molar-refractivity contribution in [3.05, 3.63) is 71.5 Å². The van der Waals surface area contributed by atoms with Crippen molar-refractivity contribution in [1.29, 1.82) is 0 Å². The minimum atomic E-state index is 0.317. The first-order valence-corrected chi connectivity index (χ1v) is 11.1. The molecule has 0 radical (unpaired) electrons. The maximum Gasteiger partial charge on any atom is 0.191 e. The summed E-state index contributed by atoms with van der Waals surface area (Å²) < 4.78 is 7.54. The van der Waals surface area contributed by atoms with E-state index in [1.165, 1.54) is 5.56 Å². The fourth-order valence-electron chi connectivity index (χ4n) is 4.29. The summed E-state index contributed by atoms with van der Waals surface area (Å²) in [6, 6.07) is 18.9. The molecule has 0 saturated carbocycles. The number of aliphatic imine (C=N–C) groups is 1. The van der Waals surface area contributed by atoms with Crippen molar-refractivity contribution in [2.24, 2.45) is 4.99 Å². The molecule has 1 aliphatic rings. The van der Waals surface area contributed by atoms with Crippen molar-refractivity contribution in [3.8, 4) is 11.4 Å². The van der Waals surface area contributed by atoms with Crippen molar-refractivity contribution in [2.75, 3.05) is 32.1 Å². The zero-order valence-corrected chi connectivity index (χ0v) is 19.3. The predicted octanol–water partition coefficient (Wildman–Crippen LogP) is 3.44. The second kappa shape index (κ2) is 9.77. The SMILES string of the molecule is CN=C(NCc1ccccc1-n1nc(C)cc1C)NC1CCN(c2ccccc2OC)C1. The molecule has 4 rings (SSSR count). The highest BCUT2D eigenvalue weighted by Crippen LogP contribution is 2.30. The average Bonchev–Trinajstić information content (AvgIpc) is 3.42. The van der Waals surface area contributed by atoms with E-state index in [1.54, 1.807) is 7.11 Å². The molecule has 7 heteroatoms. The lowest BCUT2D eigenvalue weighted by atomic mass is 10.1. The van der Waals surface area contributed by atoms with Gasteiger partial charge in [-0.25, -0.2) is 4.68 Å². The Bertz CT molecular complexity index is 1090. The van der Waals surface area contributed by atoms with Gasteiger partial charge in [0.25, 0.3) is 0 Å². The van der Waals surface area contributed by atoms with Crippen LogP contribution in [0.2, 0.25) is 0 Å². The van der Waals surface area contributed by atoms with Crippen LogP contribution in [-0.2, 0) is 6.54 Å². The van der Waals surface area contributed by atoms with E-state index in [4.69, 9.17) is 4.74 Å². The Morgan fingerprint density at radius 2 is 1.88 bits per heavy atom. The van der Waals surface area contributed by atoms with Gasteiger partial charge in [-0.1, -0.05) is 30.3 Å². The Kier molecular flexibility index (Phi) is 6.63. The molecule has 168 valence electrons. The highest BCUT2D eigenvalue weighted by Gasteiger charge is 2.25. The molecule has 1 fully saturated rings. The molecule has 1 aromatic heterocycles. The fourth-order valence-corrected chi connectivity index (χ4v) is 4.29. The van der Waals surface area contributed by atoms with Crippen LogP contribution in [0, 0.1) is 13.8 Å². The number of hydrogen-bond acceptors (Lipinski definition) is 4. The van der Waals surface area contributed by atoms with E-state index < -0.39 is 0 Å². The molecule has 1 aliphatic heterocycles. The summed E-state index contributed by atoms with van der Waals surface area (Å²) in [5, 5.41) is 11.7. The number of ether oxygens (including phenoxy) is 1. The second-order valence-corrected chi connectivity index (χ2v) is 8.14. The van der Waals surface area contributed by atoms with Gasteiger partial charge in [0.05, 0.1) is 24.2 Å². The standard InChI is InChI=1S/C25H32N6O/c1-18-15-19(2)31(29-18)22-10-6-5-9-20(22)16-27-25(26-3)28-21-13-14-30(17-21)23-11-7-8-12-24(23)32-4/h5-12,15,21H,13-14,16-17H2,1-4H3,(H2,26,27,28). The number of para-hydroxylation sites is 3. The predicted molar refractivity (Wildman–Crippen MR) is 130 cm³/mol. The van der Waals surface area contributed by atoms with Crippen molar-refractivity contribution in [3.63, 3.8) is 0 Å². The zero-order valence-electron chi connectivity index (χ0n) is 19.3. The van der Waals surface area contributed by atoms with Gasteiger partial charge in [-0.3, -0.25) is 4.99 Å². The summed E-state index contributed by atoms with van der Waals surface area (Å²) in [7, 11) is 3.54. The number of aromatic nitrogens is 2. The summed E-state index contributed by atoms with van der Waals surface area (Å²) in [6.07, 6.45) is 1.04. The molecule has 1 atom stereocenters. The third-order valence-electron chi connectivity index (χ3n) is 5.85. The van der Waals surface area contributed by atoms with Gasteiger partial charge in [-0.05, 0) is 50.1 Å². The van der Waals surface area contributed by atoms with Crippen LogP contribution < -0.4 is 20.3 Å². The number of nitrogens with one attached hydrogen (secondary N) is 2. The molecule has 0 aliphatic carbocycles. The maximum absolute atomic E-state index is 5.54. The zero-order chi connectivity index (χ0) is 22.5. The fraction of sp³-hybridized carbons (Fsp3) is 0.360. The van der Waals surface area contributed by atoms with Crippen LogP contribution in [-0.4, -0.2) is 49.0 Å². The third kappa shape index (κ3) is 4.72. The van der Waals surface area contributed by atoms with E-state index in [0.29, 0.717) is 12.6 Å². The molecule has 1 unspecified atom stereocenters. The van der Waals surface area contributed by atoms with Gasteiger partial charge in [-0.15, -0.1) is 0 Å². The maximum atomic E-state index is 5.54. The molecule has 2 heterocycles. The lowest BCUT2D eigenvalue weighted by Crippen LogP contribution is -2.44. The topological polar surface area (TPSA) is 66.7 Å². The molecule has 1 saturated heterocycles. The quantitative estimate of drug-likeness (QED) is 0.461. The largest absolute Gasteiger partial charge is 0.495 e. The van der Waals surface area contributed by atoms with Gasteiger partial charge < -0.3 is 20.3 Å². The van der Waals surface area contributed by atoms with Crippen molar-refractivity contribution < 1.29 is 4.74 Å². The molecule has 2 aromatic carbocycles. The van der Waals surface area contributed by atoms with E-state index in [-0.39, 0.29) is 0 Å².